The number of morpholine rings is 1. The van der Waals surface area contributed by atoms with Gasteiger partial charge in [0.25, 0.3) is 5.91 Å². The van der Waals surface area contributed by atoms with Gasteiger partial charge in [0, 0.05) is 39.1 Å². The van der Waals surface area contributed by atoms with Gasteiger partial charge in [0.05, 0.1) is 23.7 Å². The quantitative estimate of drug-likeness (QED) is 0.816. The van der Waals surface area contributed by atoms with Crippen molar-refractivity contribution >= 4 is 27.4 Å². The highest BCUT2D eigenvalue weighted by atomic mass is 32.2. The van der Waals surface area contributed by atoms with E-state index in [-0.39, 0.29) is 10.8 Å². The zero-order chi connectivity index (χ0) is 20.3. The van der Waals surface area contributed by atoms with E-state index < -0.39 is 10.0 Å². The minimum absolute atomic E-state index is 0.188. The van der Waals surface area contributed by atoms with Crippen LogP contribution in [-0.4, -0.2) is 64.0 Å². The molecule has 0 spiro atoms. The van der Waals surface area contributed by atoms with E-state index in [1.54, 1.807) is 31.2 Å². The summed E-state index contributed by atoms with van der Waals surface area (Å²) >= 11 is 0. The number of nitrogens with zero attached hydrogens (tertiary/aromatic N) is 3. The molecule has 1 aromatic carbocycles. The summed E-state index contributed by atoms with van der Waals surface area (Å²) < 4.78 is 32.6. The van der Waals surface area contributed by atoms with Crippen molar-refractivity contribution in [3.05, 3.63) is 47.7 Å². The number of nitrogens with one attached hydrogen (secondary N) is 1. The molecule has 2 heterocycles. The first-order chi connectivity index (χ1) is 13.3. The van der Waals surface area contributed by atoms with Crippen molar-refractivity contribution in [2.45, 2.75) is 11.8 Å². The Kier molecular flexibility index (Phi) is 5.97. The fraction of sp³-hybridized carbons (Fsp3) is 0.368. The van der Waals surface area contributed by atoms with Crippen molar-refractivity contribution < 1.29 is 17.9 Å². The van der Waals surface area contributed by atoms with Gasteiger partial charge in [-0.1, -0.05) is 6.07 Å². The summed E-state index contributed by atoms with van der Waals surface area (Å²) in [6, 6.07) is 8.30. The van der Waals surface area contributed by atoms with Gasteiger partial charge in [-0.25, -0.2) is 13.4 Å². The maximum absolute atomic E-state index is 13.0. The Morgan fingerprint density at radius 3 is 2.50 bits per heavy atom. The number of hydrogen-bond donors (Lipinski definition) is 1. The average Bonchev–Trinajstić information content (AvgIpc) is 2.70. The number of carbonyl (C=O) groups is 1. The van der Waals surface area contributed by atoms with Gasteiger partial charge < -0.3 is 15.0 Å². The molecule has 8 nitrogen and oxygen atoms in total. The van der Waals surface area contributed by atoms with Crippen molar-refractivity contribution in [2.75, 3.05) is 50.6 Å². The molecule has 0 atom stereocenters. The van der Waals surface area contributed by atoms with E-state index in [9.17, 15) is 13.2 Å². The van der Waals surface area contributed by atoms with E-state index in [1.807, 2.05) is 19.0 Å². The molecule has 1 fully saturated rings. The van der Waals surface area contributed by atoms with Crippen LogP contribution >= 0.6 is 0 Å². The summed E-state index contributed by atoms with van der Waals surface area (Å²) in [5.41, 5.74) is 1.43. The zero-order valence-corrected chi connectivity index (χ0v) is 17.0. The lowest BCUT2D eigenvalue weighted by atomic mass is 10.2. The molecule has 1 N–H and O–H groups in total. The summed E-state index contributed by atoms with van der Waals surface area (Å²) in [6.45, 7) is 3.14. The SMILES string of the molecule is Cc1ccc(NC(=O)c2ccc(N(C)C)nc2)cc1S(=O)(=O)N1CCOCC1. The number of benzene rings is 1. The van der Waals surface area contributed by atoms with E-state index >= 15 is 0 Å². The number of hydrogen-bond acceptors (Lipinski definition) is 6. The van der Waals surface area contributed by atoms with Crippen LogP contribution in [0.3, 0.4) is 0 Å². The molecule has 2 aromatic rings. The van der Waals surface area contributed by atoms with Gasteiger partial charge in [0.15, 0.2) is 0 Å². The number of rotatable bonds is 5. The van der Waals surface area contributed by atoms with Crippen LogP contribution in [0.2, 0.25) is 0 Å². The van der Waals surface area contributed by atoms with Crippen molar-refractivity contribution in [3.63, 3.8) is 0 Å². The number of sulfonamides is 1. The molecule has 1 aliphatic heterocycles. The number of carbonyl (C=O) groups excluding carboxylic acids is 1. The second kappa shape index (κ2) is 8.26. The van der Waals surface area contributed by atoms with Gasteiger partial charge in [0.1, 0.15) is 5.82 Å². The number of pyridine rings is 1. The van der Waals surface area contributed by atoms with E-state index in [4.69, 9.17) is 4.74 Å². The third-order valence-corrected chi connectivity index (χ3v) is 6.54. The van der Waals surface area contributed by atoms with Crippen LogP contribution < -0.4 is 10.2 Å². The monoisotopic (exact) mass is 404 g/mol. The third-order valence-electron chi connectivity index (χ3n) is 4.50. The predicted molar refractivity (Wildman–Crippen MR) is 107 cm³/mol. The lowest BCUT2D eigenvalue weighted by Gasteiger charge is -2.26. The number of anilines is 2. The Bertz CT molecular complexity index is 952. The third kappa shape index (κ3) is 4.32. The molecular weight excluding hydrogens is 380 g/mol. The molecular formula is C19H24N4O4S. The van der Waals surface area contributed by atoms with Gasteiger partial charge in [-0.2, -0.15) is 4.31 Å². The van der Waals surface area contributed by atoms with Crippen molar-refractivity contribution in [3.8, 4) is 0 Å². The second-order valence-electron chi connectivity index (χ2n) is 6.75. The lowest BCUT2D eigenvalue weighted by Crippen LogP contribution is -2.40. The number of aromatic nitrogens is 1. The van der Waals surface area contributed by atoms with Crippen molar-refractivity contribution in [1.29, 1.82) is 0 Å². The summed E-state index contributed by atoms with van der Waals surface area (Å²) in [7, 11) is 0.0852. The first-order valence-electron chi connectivity index (χ1n) is 8.92. The molecule has 9 heteroatoms. The minimum Gasteiger partial charge on any atom is -0.379 e. The van der Waals surface area contributed by atoms with E-state index in [0.717, 1.165) is 5.82 Å². The van der Waals surface area contributed by atoms with Crippen LogP contribution in [0.1, 0.15) is 15.9 Å². The first-order valence-corrected chi connectivity index (χ1v) is 10.4. The molecule has 0 bridgehead atoms. The minimum atomic E-state index is -3.65. The van der Waals surface area contributed by atoms with Gasteiger partial charge in [-0.15, -0.1) is 0 Å². The molecule has 0 saturated carbocycles. The molecule has 1 amide bonds. The zero-order valence-electron chi connectivity index (χ0n) is 16.2. The second-order valence-corrected chi connectivity index (χ2v) is 8.66. The largest absolute Gasteiger partial charge is 0.379 e. The Morgan fingerprint density at radius 2 is 1.89 bits per heavy atom. The van der Waals surface area contributed by atoms with E-state index in [0.29, 0.717) is 43.1 Å². The highest BCUT2D eigenvalue weighted by Crippen LogP contribution is 2.24. The molecule has 1 aromatic heterocycles. The molecule has 0 unspecified atom stereocenters. The maximum atomic E-state index is 13.0. The molecule has 1 aliphatic rings. The highest BCUT2D eigenvalue weighted by Gasteiger charge is 2.28. The Hall–Kier alpha value is -2.49. The topological polar surface area (TPSA) is 91.8 Å². The number of ether oxygens (including phenoxy) is 1. The van der Waals surface area contributed by atoms with Gasteiger partial charge in [-0.05, 0) is 36.8 Å². The summed E-state index contributed by atoms with van der Waals surface area (Å²) in [4.78, 5) is 18.8. The summed E-state index contributed by atoms with van der Waals surface area (Å²) in [5, 5.41) is 2.75. The average molecular weight is 404 g/mol. The molecule has 0 radical (unpaired) electrons. The Labute approximate surface area is 165 Å². The molecule has 3 rings (SSSR count). The number of aryl methyl sites for hydroxylation is 1. The fourth-order valence-corrected chi connectivity index (χ4v) is 4.53. The highest BCUT2D eigenvalue weighted by molar-refractivity contribution is 7.89. The Morgan fingerprint density at radius 1 is 1.18 bits per heavy atom. The van der Waals surface area contributed by atoms with Crippen LogP contribution in [-0.2, 0) is 14.8 Å². The van der Waals surface area contributed by atoms with Crippen LogP contribution in [0.15, 0.2) is 41.4 Å². The van der Waals surface area contributed by atoms with Crippen LogP contribution in [0.5, 0.6) is 0 Å². The molecule has 28 heavy (non-hydrogen) atoms. The van der Waals surface area contributed by atoms with E-state index in [1.165, 1.54) is 16.6 Å². The van der Waals surface area contributed by atoms with Gasteiger partial charge >= 0.3 is 0 Å². The molecule has 150 valence electrons. The standard InChI is InChI=1S/C19H24N4O4S/c1-14-4-6-16(12-17(14)28(25,26)23-8-10-27-11-9-23)21-19(24)15-5-7-18(20-13-15)22(2)3/h4-7,12-13H,8-11H2,1-3H3,(H,21,24). The summed E-state index contributed by atoms with van der Waals surface area (Å²) in [5.74, 6) is 0.391. The van der Waals surface area contributed by atoms with Gasteiger partial charge in [0.2, 0.25) is 10.0 Å². The maximum Gasteiger partial charge on any atom is 0.257 e. The van der Waals surface area contributed by atoms with Crippen molar-refractivity contribution in [1.82, 2.24) is 9.29 Å². The van der Waals surface area contributed by atoms with Crippen molar-refractivity contribution in [2.24, 2.45) is 0 Å². The van der Waals surface area contributed by atoms with Crippen LogP contribution in [0.4, 0.5) is 11.5 Å². The fourth-order valence-electron chi connectivity index (χ4n) is 2.87. The lowest BCUT2D eigenvalue weighted by molar-refractivity contribution is 0.0730. The molecule has 1 saturated heterocycles. The van der Waals surface area contributed by atoms with Crippen LogP contribution in [0.25, 0.3) is 0 Å². The first kappa shape index (κ1) is 20.2. The summed E-state index contributed by atoms with van der Waals surface area (Å²) in [6.07, 6.45) is 1.49. The van der Waals surface area contributed by atoms with Crippen LogP contribution in [0, 0.1) is 6.92 Å². The molecule has 0 aliphatic carbocycles. The number of amides is 1. The van der Waals surface area contributed by atoms with Gasteiger partial charge in [-0.3, -0.25) is 4.79 Å². The normalized spacial score (nSPS) is 15.2. The smallest absolute Gasteiger partial charge is 0.257 e. The predicted octanol–water partition coefficient (Wildman–Crippen LogP) is 1.73. The Balaban J connectivity index is 1.82. The van der Waals surface area contributed by atoms with E-state index in [2.05, 4.69) is 10.3 Å².